The Morgan fingerprint density at radius 2 is 1.92 bits per heavy atom. The van der Waals surface area contributed by atoms with Gasteiger partial charge in [-0.15, -0.1) is 0 Å². The van der Waals surface area contributed by atoms with E-state index >= 15 is 0 Å². The third-order valence-corrected chi connectivity index (χ3v) is 1.39. The van der Waals surface area contributed by atoms with Crippen LogP contribution >= 0.6 is 0 Å². The van der Waals surface area contributed by atoms with E-state index < -0.39 is 0 Å². The minimum absolute atomic E-state index is 1.13. The highest BCUT2D eigenvalue weighted by Crippen LogP contribution is 2.08. The highest BCUT2D eigenvalue weighted by atomic mass is 14.7. The first-order valence-corrected chi connectivity index (χ1v) is 4.44. The van der Waals surface area contributed by atoms with E-state index in [4.69, 9.17) is 0 Å². The molecule has 0 aliphatic heterocycles. The SMILES string of the molecule is C=Cc1[nH]c(C)cc1C.CCC. The maximum Gasteiger partial charge on any atom is 0.0406 e. The van der Waals surface area contributed by atoms with E-state index in [9.17, 15) is 0 Å². The predicted molar refractivity (Wildman–Crippen MR) is 56.3 cm³/mol. The van der Waals surface area contributed by atoms with E-state index in [-0.39, 0.29) is 0 Å². The Morgan fingerprint density at radius 1 is 1.42 bits per heavy atom. The zero-order chi connectivity index (χ0) is 9.56. The molecule has 68 valence electrons. The molecule has 1 N–H and O–H groups in total. The molecule has 1 nitrogen and oxygen atoms in total. The number of H-pyrrole nitrogens is 1. The molecule has 0 bridgehead atoms. The van der Waals surface area contributed by atoms with Crippen LogP contribution in [0.15, 0.2) is 12.6 Å². The fraction of sp³-hybridized carbons (Fsp3) is 0.455. The van der Waals surface area contributed by atoms with Crippen LogP contribution in [0.25, 0.3) is 6.08 Å². The van der Waals surface area contributed by atoms with E-state index in [1.807, 2.05) is 13.0 Å². The van der Waals surface area contributed by atoms with Gasteiger partial charge in [-0.1, -0.05) is 26.8 Å². The van der Waals surface area contributed by atoms with Gasteiger partial charge in [0.05, 0.1) is 0 Å². The van der Waals surface area contributed by atoms with E-state index in [0.717, 1.165) is 5.69 Å². The summed E-state index contributed by atoms with van der Waals surface area (Å²) in [6, 6.07) is 2.11. The molecule has 0 spiro atoms. The zero-order valence-electron chi connectivity index (χ0n) is 8.57. The van der Waals surface area contributed by atoms with E-state index in [2.05, 4.69) is 38.4 Å². The molecule has 0 aliphatic carbocycles. The van der Waals surface area contributed by atoms with Crippen LogP contribution in [0, 0.1) is 13.8 Å². The standard InChI is InChI=1S/C8H11N.C3H8/c1-4-8-6(2)5-7(3)9-8;1-3-2/h4-5,9H,1H2,2-3H3;3H2,1-2H3. The topological polar surface area (TPSA) is 15.8 Å². The summed E-state index contributed by atoms with van der Waals surface area (Å²) in [5.74, 6) is 0. The van der Waals surface area contributed by atoms with Gasteiger partial charge in [0.2, 0.25) is 0 Å². The number of aromatic amines is 1. The van der Waals surface area contributed by atoms with Gasteiger partial charge in [0, 0.05) is 11.4 Å². The quantitative estimate of drug-likeness (QED) is 0.653. The Bertz CT molecular complexity index is 233. The number of hydrogen-bond donors (Lipinski definition) is 1. The van der Waals surface area contributed by atoms with Crippen molar-refractivity contribution in [3.63, 3.8) is 0 Å². The minimum Gasteiger partial charge on any atom is -0.359 e. The lowest BCUT2D eigenvalue weighted by atomic mass is 10.3. The normalized spacial score (nSPS) is 8.67. The van der Waals surface area contributed by atoms with Gasteiger partial charge in [-0.2, -0.15) is 0 Å². The lowest BCUT2D eigenvalue weighted by Gasteiger charge is -1.85. The Kier molecular flexibility index (Phi) is 5.18. The van der Waals surface area contributed by atoms with Crippen LogP contribution in [0.5, 0.6) is 0 Å². The molecule has 1 aromatic rings. The average molecular weight is 165 g/mol. The summed E-state index contributed by atoms with van der Waals surface area (Å²) in [7, 11) is 0. The largest absolute Gasteiger partial charge is 0.359 e. The average Bonchev–Trinajstić information content (AvgIpc) is 2.31. The van der Waals surface area contributed by atoms with Crippen molar-refractivity contribution >= 4 is 6.08 Å². The van der Waals surface area contributed by atoms with Crippen molar-refractivity contribution in [2.75, 3.05) is 0 Å². The Hall–Kier alpha value is -0.980. The molecule has 12 heavy (non-hydrogen) atoms. The summed E-state index contributed by atoms with van der Waals surface area (Å²) in [4.78, 5) is 3.18. The first kappa shape index (κ1) is 11.0. The van der Waals surface area contributed by atoms with Gasteiger partial charge < -0.3 is 4.98 Å². The summed E-state index contributed by atoms with van der Waals surface area (Å²) in [6.45, 7) is 12.0. The third-order valence-electron chi connectivity index (χ3n) is 1.39. The summed E-state index contributed by atoms with van der Waals surface area (Å²) < 4.78 is 0. The monoisotopic (exact) mass is 165 g/mol. The molecular formula is C11H19N. The lowest BCUT2D eigenvalue weighted by Crippen LogP contribution is -1.72. The molecule has 0 amide bonds. The van der Waals surface area contributed by atoms with Gasteiger partial charge in [-0.05, 0) is 31.6 Å². The molecule has 0 fully saturated rings. The van der Waals surface area contributed by atoms with Crippen molar-refractivity contribution in [2.45, 2.75) is 34.1 Å². The van der Waals surface area contributed by atoms with Crippen LogP contribution in [0.4, 0.5) is 0 Å². The number of aryl methyl sites for hydroxylation is 2. The lowest BCUT2D eigenvalue weighted by molar-refractivity contribution is 1.09. The van der Waals surface area contributed by atoms with Crippen molar-refractivity contribution < 1.29 is 0 Å². The highest BCUT2D eigenvalue weighted by molar-refractivity contribution is 5.47. The second kappa shape index (κ2) is 5.64. The summed E-state index contributed by atoms with van der Waals surface area (Å²) in [5.41, 5.74) is 3.59. The number of nitrogens with one attached hydrogen (secondary N) is 1. The Balaban J connectivity index is 0.000000354. The molecule has 1 rings (SSSR count). The second-order valence-corrected chi connectivity index (χ2v) is 2.96. The molecule has 0 aliphatic rings. The van der Waals surface area contributed by atoms with Crippen molar-refractivity contribution in [1.29, 1.82) is 0 Å². The van der Waals surface area contributed by atoms with Gasteiger partial charge in [0.1, 0.15) is 0 Å². The summed E-state index contributed by atoms with van der Waals surface area (Å²) in [6.07, 6.45) is 3.09. The fourth-order valence-electron chi connectivity index (χ4n) is 0.962. The van der Waals surface area contributed by atoms with E-state index in [1.54, 1.807) is 0 Å². The van der Waals surface area contributed by atoms with Crippen LogP contribution in [0.1, 0.15) is 37.2 Å². The highest BCUT2D eigenvalue weighted by Gasteiger charge is 1.94. The number of rotatable bonds is 1. The fourth-order valence-corrected chi connectivity index (χ4v) is 0.962. The van der Waals surface area contributed by atoms with Crippen molar-refractivity contribution in [3.05, 3.63) is 29.6 Å². The van der Waals surface area contributed by atoms with Crippen molar-refractivity contribution in [2.24, 2.45) is 0 Å². The molecule has 1 heterocycles. The third kappa shape index (κ3) is 3.42. The van der Waals surface area contributed by atoms with Crippen LogP contribution in [0.3, 0.4) is 0 Å². The molecular weight excluding hydrogens is 146 g/mol. The molecule has 1 heteroatoms. The predicted octanol–water partition coefficient (Wildman–Crippen LogP) is 3.69. The van der Waals surface area contributed by atoms with Crippen LogP contribution in [0.2, 0.25) is 0 Å². The smallest absolute Gasteiger partial charge is 0.0406 e. The van der Waals surface area contributed by atoms with Crippen molar-refractivity contribution in [1.82, 2.24) is 4.98 Å². The Labute approximate surface area is 75.5 Å². The second-order valence-electron chi connectivity index (χ2n) is 2.96. The first-order valence-electron chi connectivity index (χ1n) is 4.44. The maximum absolute atomic E-state index is 3.67. The van der Waals surface area contributed by atoms with Crippen molar-refractivity contribution in [3.8, 4) is 0 Å². The molecule has 1 aromatic heterocycles. The van der Waals surface area contributed by atoms with Crippen LogP contribution in [-0.4, -0.2) is 4.98 Å². The molecule has 0 radical (unpaired) electrons. The molecule has 0 saturated heterocycles. The molecule has 0 aromatic carbocycles. The molecule has 0 saturated carbocycles. The van der Waals surface area contributed by atoms with Gasteiger partial charge in [0.15, 0.2) is 0 Å². The van der Waals surface area contributed by atoms with Crippen LogP contribution < -0.4 is 0 Å². The van der Waals surface area contributed by atoms with E-state index in [1.165, 1.54) is 17.7 Å². The molecule has 0 atom stereocenters. The van der Waals surface area contributed by atoms with Gasteiger partial charge >= 0.3 is 0 Å². The number of hydrogen-bond acceptors (Lipinski definition) is 0. The minimum atomic E-state index is 1.13. The summed E-state index contributed by atoms with van der Waals surface area (Å²) >= 11 is 0. The maximum atomic E-state index is 3.67. The van der Waals surface area contributed by atoms with Crippen LogP contribution in [-0.2, 0) is 0 Å². The number of aromatic nitrogens is 1. The Morgan fingerprint density at radius 3 is 2.08 bits per heavy atom. The van der Waals surface area contributed by atoms with Gasteiger partial charge in [-0.3, -0.25) is 0 Å². The summed E-state index contributed by atoms with van der Waals surface area (Å²) in [5, 5.41) is 0. The zero-order valence-corrected chi connectivity index (χ0v) is 8.57. The van der Waals surface area contributed by atoms with E-state index in [0.29, 0.717) is 0 Å². The first-order chi connectivity index (χ1) is 5.65. The molecule has 0 unspecified atom stereocenters. The van der Waals surface area contributed by atoms with Gasteiger partial charge in [0.25, 0.3) is 0 Å². The van der Waals surface area contributed by atoms with Gasteiger partial charge in [-0.25, -0.2) is 0 Å².